The predicted molar refractivity (Wildman–Crippen MR) is 66.1 cm³/mol. The van der Waals surface area contributed by atoms with Crippen LogP contribution in [0.2, 0.25) is 5.02 Å². The molecule has 0 amide bonds. The smallest absolute Gasteiger partial charge is 0.0438 e. The fraction of sp³-hybridized carbons (Fsp3) is 0.385. The average Bonchev–Trinajstić information content (AvgIpc) is 2.24. The van der Waals surface area contributed by atoms with Crippen molar-refractivity contribution in [2.75, 3.05) is 7.05 Å². The van der Waals surface area contributed by atoms with E-state index >= 15 is 0 Å². The zero-order chi connectivity index (χ0) is 11.3. The lowest BCUT2D eigenvalue weighted by Crippen LogP contribution is -2.16. The highest BCUT2D eigenvalue weighted by molar-refractivity contribution is 6.31. The maximum atomic E-state index is 6.08. The first-order valence-corrected chi connectivity index (χ1v) is 5.43. The van der Waals surface area contributed by atoms with Crippen LogP contribution in [0.1, 0.15) is 30.0 Å². The fourth-order valence-corrected chi connectivity index (χ4v) is 1.72. The van der Waals surface area contributed by atoms with E-state index in [4.69, 9.17) is 18.0 Å². The summed E-state index contributed by atoms with van der Waals surface area (Å²) in [4.78, 5) is 0. The zero-order valence-corrected chi connectivity index (χ0v) is 9.93. The highest BCUT2D eigenvalue weighted by Gasteiger charge is 2.09. The molecule has 15 heavy (non-hydrogen) atoms. The van der Waals surface area contributed by atoms with Crippen molar-refractivity contribution in [3.63, 3.8) is 0 Å². The fourth-order valence-electron chi connectivity index (χ4n) is 1.53. The van der Waals surface area contributed by atoms with E-state index in [-0.39, 0.29) is 0 Å². The van der Waals surface area contributed by atoms with Crippen LogP contribution < -0.4 is 5.32 Å². The Bertz CT molecular complexity index is 365. The monoisotopic (exact) mass is 221 g/mol. The van der Waals surface area contributed by atoms with Crippen molar-refractivity contribution in [2.45, 2.75) is 25.8 Å². The molecule has 1 nitrogen and oxygen atoms in total. The van der Waals surface area contributed by atoms with Crippen LogP contribution in [0.25, 0.3) is 0 Å². The molecule has 0 heterocycles. The SMILES string of the molecule is C#CCCC(NC)c1ccc(C)c(Cl)c1. The molecule has 80 valence electrons. The number of hydrogen-bond acceptors (Lipinski definition) is 1. The van der Waals surface area contributed by atoms with Crippen molar-refractivity contribution in [1.29, 1.82) is 0 Å². The van der Waals surface area contributed by atoms with E-state index in [9.17, 15) is 0 Å². The van der Waals surface area contributed by atoms with Gasteiger partial charge in [0.2, 0.25) is 0 Å². The summed E-state index contributed by atoms with van der Waals surface area (Å²) in [6, 6.07) is 6.44. The largest absolute Gasteiger partial charge is 0.313 e. The maximum Gasteiger partial charge on any atom is 0.0438 e. The molecule has 1 N–H and O–H groups in total. The number of hydrogen-bond donors (Lipinski definition) is 1. The van der Waals surface area contributed by atoms with E-state index in [0.29, 0.717) is 6.04 Å². The Balaban J connectivity index is 2.83. The average molecular weight is 222 g/mol. The molecular formula is C13H16ClN. The molecule has 0 bridgehead atoms. The number of rotatable bonds is 4. The number of nitrogens with one attached hydrogen (secondary N) is 1. The van der Waals surface area contributed by atoms with Gasteiger partial charge in [0.1, 0.15) is 0 Å². The summed E-state index contributed by atoms with van der Waals surface area (Å²) in [7, 11) is 1.94. The second kappa shape index (κ2) is 5.80. The summed E-state index contributed by atoms with van der Waals surface area (Å²) in [5, 5.41) is 4.06. The minimum Gasteiger partial charge on any atom is -0.313 e. The third-order valence-corrected chi connectivity index (χ3v) is 2.93. The van der Waals surface area contributed by atoms with Crippen molar-refractivity contribution in [2.24, 2.45) is 0 Å². The van der Waals surface area contributed by atoms with Crippen molar-refractivity contribution in [3.8, 4) is 12.3 Å². The Morgan fingerprint density at radius 3 is 2.80 bits per heavy atom. The topological polar surface area (TPSA) is 12.0 Å². The number of halogens is 1. The van der Waals surface area contributed by atoms with Crippen molar-refractivity contribution >= 4 is 11.6 Å². The molecule has 1 aromatic rings. The molecule has 2 heteroatoms. The first-order chi connectivity index (χ1) is 7.19. The van der Waals surface area contributed by atoms with E-state index in [1.165, 1.54) is 5.56 Å². The lowest BCUT2D eigenvalue weighted by molar-refractivity contribution is 0.558. The molecule has 1 unspecified atom stereocenters. The van der Waals surface area contributed by atoms with Crippen molar-refractivity contribution in [3.05, 3.63) is 34.3 Å². The summed E-state index contributed by atoms with van der Waals surface area (Å²) in [6.07, 6.45) is 6.97. The molecule has 1 rings (SSSR count). The maximum absolute atomic E-state index is 6.08. The molecule has 1 atom stereocenters. The van der Waals surface area contributed by atoms with Gasteiger partial charge in [-0.25, -0.2) is 0 Å². The third kappa shape index (κ3) is 3.27. The zero-order valence-electron chi connectivity index (χ0n) is 9.18. The van der Waals surface area contributed by atoms with Gasteiger partial charge in [0, 0.05) is 17.5 Å². The molecule has 0 fully saturated rings. The second-order valence-electron chi connectivity index (χ2n) is 3.59. The van der Waals surface area contributed by atoms with Crippen molar-refractivity contribution in [1.82, 2.24) is 5.32 Å². The number of terminal acetylenes is 1. The van der Waals surface area contributed by atoms with Gasteiger partial charge in [-0.05, 0) is 37.6 Å². The summed E-state index contributed by atoms with van der Waals surface area (Å²) in [6.45, 7) is 2.00. The normalized spacial score (nSPS) is 12.1. The van der Waals surface area contributed by atoms with Crippen LogP contribution in [-0.2, 0) is 0 Å². The molecule has 0 spiro atoms. The summed E-state index contributed by atoms with van der Waals surface area (Å²) in [5.41, 5.74) is 2.30. The predicted octanol–water partition coefficient (Wildman–Crippen LogP) is 3.32. The number of aryl methyl sites for hydroxylation is 1. The molecule has 0 saturated carbocycles. The van der Waals surface area contributed by atoms with Crippen LogP contribution in [0.5, 0.6) is 0 Å². The Morgan fingerprint density at radius 2 is 2.27 bits per heavy atom. The van der Waals surface area contributed by atoms with Gasteiger partial charge < -0.3 is 5.32 Å². The quantitative estimate of drug-likeness (QED) is 0.770. The second-order valence-corrected chi connectivity index (χ2v) is 4.00. The van der Waals surface area contributed by atoms with Gasteiger partial charge >= 0.3 is 0 Å². The van der Waals surface area contributed by atoms with Crippen molar-refractivity contribution < 1.29 is 0 Å². The molecule has 0 aliphatic carbocycles. The van der Waals surface area contributed by atoms with Crippen LogP contribution >= 0.6 is 11.6 Å². The molecule has 0 radical (unpaired) electrons. The Labute approximate surface area is 96.8 Å². The minimum atomic E-state index is 0.291. The lowest BCUT2D eigenvalue weighted by atomic mass is 10.0. The van der Waals surface area contributed by atoms with Gasteiger partial charge in [-0.3, -0.25) is 0 Å². The van der Waals surface area contributed by atoms with Crippen LogP contribution in [0.3, 0.4) is 0 Å². The molecule has 0 aliphatic rings. The standard InChI is InChI=1S/C13H16ClN/c1-4-5-6-13(15-3)11-8-7-10(2)12(14)9-11/h1,7-9,13,15H,5-6H2,2-3H3. The van der Waals surface area contributed by atoms with Crippen LogP contribution in [0, 0.1) is 19.3 Å². The first kappa shape index (κ1) is 12.1. The Morgan fingerprint density at radius 1 is 1.53 bits per heavy atom. The molecule has 1 aromatic carbocycles. The van der Waals surface area contributed by atoms with E-state index in [1.807, 2.05) is 26.1 Å². The molecule has 0 aromatic heterocycles. The number of benzene rings is 1. The van der Waals surface area contributed by atoms with Gasteiger partial charge in [-0.2, -0.15) is 0 Å². The Kier molecular flexibility index (Phi) is 4.68. The van der Waals surface area contributed by atoms with Gasteiger partial charge in [0.05, 0.1) is 0 Å². The highest BCUT2D eigenvalue weighted by Crippen LogP contribution is 2.23. The van der Waals surface area contributed by atoms with E-state index in [0.717, 1.165) is 23.4 Å². The summed E-state index contributed by atoms with van der Waals surface area (Å²) < 4.78 is 0. The van der Waals surface area contributed by atoms with Gasteiger partial charge in [-0.15, -0.1) is 12.3 Å². The van der Waals surface area contributed by atoms with Gasteiger partial charge in [0.15, 0.2) is 0 Å². The van der Waals surface area contributed by atoms with E-state index in [2.05, 4.69) is 17.3 Å². The van der Waals surface area contributed by atoms with Gasteiger partial charge in [0.25, 0.3) is 0 Å². The third-order valence-electron chi connectivity index (χ3n) is 2.52. The first-order valence-electron chi connectivity index (χ1n) is 5.05. The molecular weight excluding hydrogens is 206 g/mol. The highest BCUT2D eigenvalue weighted by atomic mass is 35.5. The van der Waals surface area contributed by atoms with E-state index < -0.39 is 0 Å². The molecule has 0 saturated heterocycles. The van der Waals surface area contributed by atoms with Crippen LogP contribution in [0.4, 0.5) is 0 Å². The van der Waals surface area contributed by atoms with Crippen LogP contribution in [-0.4, -0.2) is 7.05 Å². The summed E-state index contributed by atoms with van der Waals surface area (Å²) >= 11 is 6.08. The van der Waals surface area contributed by atoms with Gasteiger partial charge in [-0.1, -0.05) is 23.7 Å². The van der Waals surface area contributed by atoms with Crippen LogP contribution in [0.15, 0.2) is 18.2 Å². The Hall–Kier alpha value is -0.970. The van der Waals surface area contributed by atoms with E-state index in [1.54, 1.807) is 0 Å². The molecule has 0 aliphatic heterocycles. The lowest BCUT2D eigenvalue weighted by Gasteiger charge is -2.16. The minimum absolute atomic E-state index is 0.291. The summed E-state index contributed by atoms with van der Waals surface area (Å²) in [5.74, 6) is 2.66.